The molecule has 0 spiro atoms. The molecule has 0 aromatic heterocycles. The molecule has 0 aromatic rings. The molecular formula is C9H21NO2. The fourth-order valence-electron chi connectivity index (χ4n) is 0.909. The van der Waals surface area contributed by atoms with Gasteiger partial charge in [0, 0.05) is 19.8 Å². The van der Waals surface area contributed by atoms with E-state index in [0.717, 1.165) is 13.1 Å². The summed E-state index contributed by atoms with van der Waals surface area (Å²) >= 11 is 0. The molecule has 0 aliphatic carbocycles. The van der Waals surface area contributed by atoms with Crippen LogP contribution in [0.15, 0.2) is 0 Å². The van der Waals surface area contributed by atoms with Crippen molar-refractivity contribution >= 4 is 0 Å². The summed E-state index contributed by atoms with van der Waals surface area (Å²) < 4.78 is 10.8. The zero-order valence-corrected chi connectivity index (χ0v) is 8.67. The minimum Gasteiger partial charge on any atom is -0.352 e. The SMILES string of the molecule is CCOC(CN(C)CC)OCC. The van der Waals surface area contributed by atoms with Gasteiger partial charge in [-0.05, 0) is 27.4 Å². The van der Waals surface area contributed by atoms with E-state index in [4.69, 9.17) is 9.47 Å². The normalized spacial score (nSPS) is 11.5. The van der Waals surface area contributed by atoms with Gasteiger partial charge in [-0.3, -0.25) is 0 Å². The van der Waals surface area contributed by atoms with Crippen LogP contribution in [0.1, 0.15) is 20.8 Å². The summed E-state index contributed by atoms with van der Waals surface area (Å²) in [6.45, 7) is 9.38. The van der Waals surface area contributed by atoms with Gasteiger partial charge >= 0.3 is 0 Å². The Hall–Kier alpha value is -0.120. The summed E-state index contributed by atoms with van der Waals surface area (Å²) in [5.74, 6) is 0. The summed E-state index contributed by atoms with van der Waals surface area (Å²) in [7, 11) is 2.06. The van der Waals surface area contributed by atoms with Crippen molar-refractivity contribution in [1.29, 1.82) is 0 Å². The van der Waals surface area contributed by atoms with E-state index in [2.05, 4.69) is 18.9 Å². The molecule has 0 fully saturated rings. The summed E-state index contributed by atoms with van der Waals surface area (Å²) in [5.41, 5.74) is 0. The largest absolute Gasteiger partial charge is 0.352 e. The van der Waals surface area contributed by atoms with Crippen molar-refractivity contribution in [3.8, 4) is 0 Å². The summed E-state index contributed by atoms with van der Waals surface area (Å²) in [6.07, 6.45) is -0.0649. The highest BCUT2D eigenvalue weighted by Gasteiger charge is 2.09. The molecular weight excluding hydrogens is 154 g/mol. The highest BCUT2D eigenvalue weighted by atomic mass is 16.7. The van der Waals surface area contributed by atoms with Crippen LogP contribution in [-0.4, -0.2) is 44.5 Å². The van der Waals surface area contributed by atoms with Crippen LogP contribution in [0.3, 0.4) is 0 Å². The lowest BCUT2D eigenvalue weighted by molar-refractivity contribution is -0.144. The molecule has 0 aliphatic rings. The zero-order valence-electron chi connectivity index (χ0n) is 8.67. The van der Waals surface area contributed by atoms with Crippen molar-refractivity contribution in [1.82, 2.24) is 4.90 Å². The third-order valence-electron chi connectivity index (χ3n) is 1.71. The number of hydrogen-bond donors (Lipinski definition) is 0. The van der Waals surface area contributed by atoms with Crippen LogP contribution < -0.4 is 0 Å². The maximum atomic E-state index is 5.39. The van der Waals surface area contributed by atoms with Crippen LogP contribution in [0.2, 0.25) is 0 Å². The summed E-state index contributed by atoms with van der Waals surface area (Å²) in [5, 5.41) is 0. The topological polar surface area (TPSA) is 21.7 Å². The average Bonchev–Trinajstić information content (AvgIpc) is 2.05. The average molecular weight is 175 g/mol. The van der Waals surface area contributed by atoms with Crippen molar-refractivity contribution in [2.75, 3.05) is 33.4 Å². The van der Waals surface area contributed by atoms with Crippen LogP contribution in [0.5, 0.6) is 0 Å². The fraction of sp³-hybridized carbons (Fsp3) is 1.00. The Morgan fingerprint density at radius 1 is 1.08 bits per heavy atom. The Kier molecular flexibility index (Phi) is 7.45. The van der Waals surface area contributed by atoms with Gasteiger partial charge in [0.1, 0.15) is 0 Å². The van der Waals surface area contributed by atoms with E-state index < -0.39 is 0 Å². The van der Waals surface area contributed by atoms with Crippen molar-refractivity contribution in [2.24, 2.45) is 0 Å². The molecule has 0 saturated carbocycles. The third kappa shape index (κ3) is 5.52. The minimum atomic E-state index is -0.0649. The molecule has 0 aromatic carbocycles. The molecule has 3 heteroatoms. The van der Waals surface area contributed by atoms with E-state index in [9.17, 15) is 0 Å². The molecule has 74 valence electrons. The number of rotatable bonds is 7. The molecule has 0 N–H and O–H groups in total. The smallest absolute Gasteiger partial charge is 0.170 e. The first-order valence-corrected chi connectivity index (χ1v) is 4.66. The minimum absolute atomic E-state index is 0.0649. The Morgan fingerprint density at radius 2 is 1.58 bits per heavy atom. The summed E-state index contributed by atoms with van der Waals surface area (Å²) in [6, 6.07) is 0. The van der Waals surface area contributed by atoms with E-state index >= 15 is 0 Å². The monoisotopic (exact) mass is 175 g/mol. The summed E-state index contributed by atoms with van der Waals surface area (Å²) in [4.78, 5) is 2.18. The van der Waals surface area contributed by atoms with E-state index in [-0.39, 0.29) is 6.29 Å². The number of nitrogens with zero attached hydrogens (tertiary/aromatic N) is 1. The molecule has 0 aliphatic heterocycles. The molecule has 0 bridgehead atoms. The van der Waals surface area contributed by atoms with E-state index in [0.29, 0.717) is 13.2 Å². The van der Waals surface area contributed by atoms with Crippen LogP contribution in [0.25, 0.3) is 0 Å². The quantitative estimate of drug-likeness (QED) is 0.545. The van der Waals surface area contributed by atoms with E-state index in [1.54, 1.807) is 0 Å². The van der Waals surface area contributed by atoms with Gasteiger partial charge in [-0.15, -0.1) is 0 Å². The maximum Gasteiger partial charge on any atom is 0.170 e. The van der Waals surface area contributed by atoms with Crippen LogP contribution in [0.4, 0.5) is 0 Å². The Morgan fingerprint density at radius 3 is 1.92 bits per heavy atom. The molecule has 12 heavy (non-hydrogen) atoms. The first-order chi connectivity index (χ1) is 5.74. The van der Waals surface area contributed by atoms with Gasteiger partial charge in [0.25, 0.3) is 0 Å². The van der Waals surface area contributed by atoms with E-state index in [1.807, 2.05) is 13.8 Å². The van der Waals surface area contributed by atoms with Gasteiger partial charge in [-0.2, -0.15) is 0 Å². The first kappa shape index (κ1) is 11.9. The second-order valence-electron chi connectivity index (χ2n) is 2.70. The highest BCUT2D eigenvalue weighted by Crippen LogP contribution is 1.97. The molecule has 0 radical (unpaired) electrons. The number of hydrogen-bond acceptors (Lipinski definition) is 3. The van der Waals surface area contributed by atoms with Crippen molar-refractivity contribution < 1.29 is 9.47 Å². The Bertz CT molecular complexity index is 92.5. The predicted octanol–water partition coefficient (Wildman–Crippen LogP) is 1.34. The highest BCUT2D eigenvalue weighted by molar-refractivity contribution is 4.51. The van der Waals surface area contributed by atoms with Crippen LogP contribution >= 0.6 is 0 Å². The van der Waals surface area contributed by atoms with Crippen molar-refractivity contribution in [3.05, 3.63) is 0 Å². The van der Waals surface area contributed by atoms with Gasteiger partial charge < -0.3 is 14.4 Å². The standard InChI is InChI=1S/C9H21NO2/c1-5-10(4)8-9(11-6-2)12-7-3/h9H,5-8H2,1-4H3. The fourth-order valence-corrected chi connectivity index (χ4v) is 0.909. The number of ether oxygens (including phenoxy) is 2. The second kappa shape index (κ2) is 7.53. The molecule has 0 saturated heterocycles. The van der Waals surface area contributed by atoms with Crippen molar-refractivity contribution in [2.45, 2.75) is 27.1 Å². The molecule has 0 rings (SSSR count). The molecule has 0 amide bonds. The molecule has 3 nitrogen and oxygen atoms in total. The lowest BCUT2D eigenvalue weighted by atomic mass is 10.5. The maximum absolute atomic E-state index is 5.39. The van der Waals surface area contributed by atoms with Gasteiger partial charge in [0.15, 0.2) is 6.29 Å². The molecule has 0 atom stereocenters. The van der Waals surface area contributed by atoms with Gasteiger partial charge in [-0.1, -0.05) is 6.92 Å². The zero-order chi connectivity index (χ0) is 9.40. The lowest BCUT2D eigenvalue weighted by Gasteiger charge is -2.22. The first-order valence-electron chi connectivity index (χ1n) is 4.66. The Labute approximate surface area is 75.6 Å². The van der Waals surface area contributed by atoms with Crippen LogP contribution in [-0.2, 0) is 9.47 Å². The molecule has 0 heterocycles. The van der Waals surface area contributed by atoms with Gasteiger partial charge in [0.05, 0.1) is 0 Å². The van der Waals surface area contributed by atoms with Gasteiger partial charge in [0.2, 0.25) is 0 Å². The van der Waals surface area contributed by atoms with Crippen LogP contribution in [0, 0.1) is 0 Å². The number of likely N-dealkylation sites (N-methyl/N-ethyl adjacent to an activating group) is 1. The molecule has 0 unspecified atom stereocenters. The van der Waals surface area contributed by atoms with Gasteiger partial charge in [-0.25, -0.2) is 0 Å². The predicted molar refractivity (Wildman–Crippen MR) is 50.2 cm³/mol. The second-order valence-corrected chi connectivity index (χ2v) is 2.70. The van der Waals surface area contributed by atoms with Crippen molar-refractivity contribution in [3.63, 3.8) is 0 Å². The van der Waals surface area contributed by atoms with E-state index in [1.165, 1.54) is 0 Å². The Balaban J connectivity index is 3.61. The lowest BCUT2D eigenvalue weighted by Crippen LogP contribution is -2.33. The third-order valence-corrected chi connectivity index (χ3v) is 1.71.